The Hall–Kier alpha value is -0.420. The Balaban J connectivity index is 2.14. The molecule has 1 saturated heterocycles. The first-order valence-corrected chi connectivity index (χ1v) is 5.95. The number of carbonyl (C=O) groups is 1. The second-order valence-electron chi connectivity index (χ2n) is 4.33. The van der Waals surface area contributed by atoms with Gasteiger partial charge in [-0.1, -0.05) is 0 Å². The number of hydrazine groups is 1. The van der Waals surface area contributed by atoms with E-state index in [0.717, 1.165) is 17.9 Å². The first-order valence-electron chi connectivity index (χ1n) is 4.79. The summed E-state index contributed by atoms with van der Waals surface area (Å²) in [5.74, 6) is 2.21. The molecule has 0 spiro atoms. The van der Waals surface area contributed by atoms with Gasteiger partial charge < -0.3 is 4.74 Å². The van der Waals surface area contributed by atoms with Crippen molar-refractivity contribution in [2.24, 2.45) is 0 Å². The van der Waals surface area contributed by atoms with Gasteiger partial charge in [-0.15, -0.1) is 0 Å². The van der Waals surface area contributed by atoms with Crippen molar-refractivity contribution in [3.8, 4) is 0 Å². The minimum absolute atomic E-state index is 0.382. The maximum atomic E-state index is 11.2. The SMILES string of the molecule is CC(C)(C)OC(=O)NNC1CCSC1. The molecule has 1 atom stereocenters. The first-order chi connectivity index (χ1) is 6.47. The van der Waals surface area contributed by atoms with Crippen LogP contribution < -0.4 is 10.9 Å². The van der Waals surface area contributed by atoms with E-state index < -0.39 is 11.7 Å². The van der Waals surface area contributed by atoms with E-state index >= 15 is 0 Å². The second-order valence-corrected chi connectivity index (χ2v) is 5.48. The molecule has 0 aromatic heterocycles. The summed E-state index contributed by atoms with van der Waals surface area (Å²) in [7, 11) is 0. The number of amides is 1. The van der Waals surface area contributed by atoms with E-state index in [-0.39, 0.29) is 0 Å². The van der Waals surface area contributed by atoms with Gasteiger partial charge >= 0.3 is 6.09 Å². The zero-order valence-corrected chi connectivity index (χ0v) is 9.74. The van der Waals surface area contributed by atoms with Crippen molar-refractivity contribution in [1.82, 2.24) is 10.9 Å². The molecule has 1 unspecified atom stereocenters. The molecule has 0 saturated carbocycles. The highest BCUT2D eigenvalue weighted by atomic mass is 32.2. The number of nitrogens with one attached hydrogen (secondary N) is 2. The lowest BCUT2D eigenvalue weighted by atomic mass is 10.2. The molecule has 0 radical (unpaired) electrons. The van der Waals surface area contributed by atoms with Gasteiger partial charge in [-0.2, -0.15) is 11.8 Å². The van der Waals surface area contributed by atoms with Crippen LogP contribution in [0, 0.1) is 0 Å². The number of rotatable bonds is 2. The summed E-state index contributed by atoms with van der Waals surface area (Å²) in [5, 5.41) is 0. The van der Waals surface area contributed by atoms with Crippen LogP contribution in [0.4, 0.5) is 4.79 Å². The molecule has 0 aromatic carbocycles. The Kier molecular flexibility index (Phi) is 4.07. The van der Waals surface area contributed by atoms with Crippen LogP contribution in [0.5, 0.6) is 0 Å². The number of hydrogen-bond donors (Lipinski definition) is 2. The van der Waals surface area contributed by atoms with E-state index in [1.807, 2.05) is 32.5 Å². The van der Waals surface area contributed by atoms with Crippen LogP contribution in [0.2, 0.25) is 0 Å². The maximum Gasteiger partial charge on any atom is 0.422 e. The van der Waals surface area contributed by atoms with Crippen molar-refractivity contribution in [2.45, 2.75) is 38.8 Å². The fourth-order valence-corrected chi connectivity index (χ4v) is 2.27. The van der Waals surface area contributed by atoms with Gasteiger partial charge in [0, 0.05) is 11.8 Å². The van der Waals surface area contributed by atoms with E-state index in [2.05, 4.69) is 10.9 Å². The molecule has 0 bridgehead atoms. The van der Waals surface area contributed by atoms with Crippen LogP contribution in [0.25, 0.3) is 0 Å². The van der Waals surface area contributed by atoms with Gasteiger partial charge in [-0.3, -0.25) is 5.43 Å². The molecular formula is C9H18N2O2S. The molecule has 82 valence electrons. The molecule has 1 rings (SSSR count). The lowest BCUT2D eigenvalue weighted by molar-refractivity contribution is 0.0490. The predicted molar refractivity (Wildman–Crippen MR) is 58.2 cm³/mol. The summed E-state index contributed by atoms with van der Waals surface area (Å²) in [6.07, 6.45) is 0.690. The van der Waals surface area contributed by atoms with E-state index in [9.17, 15) is 4.79 Å². The summed E-state index contributed by atoms with van der Waals surface area (Å²) in [6, 6.07) is 0.382. The number of carbonyl (C=O) groups excluding carboxylic acids is 1. The predicted octanol–water partition coefficient (Wildman–Crippen LogP) is 1.52. The van der Waals surface area contributed by atoms with Crippen molar-refractivity contribution in [3.05, 3.63) is 0 Å². The number of ether oxygens (including phenoxy) is 1. The normalized spacial score (nSPS) is 22.1. The van der Waals surface area contributed by atoms with Crippen LogP contribution in [0.3, 0.4) is 0 Å². The summed E-state index contributed by atoms with van der Waals surface area (Å²) in [5.41, 5.74) is 5.08. The van der Waals surface area contributed by atoms with Crippen molar-refractivity contribution in [3.63, 3.8) is 0 Å². The molecule has 1 fully saturated rings. The van der Waals surface area contributed by atoms with E-state index in [4.69, 9.17) is 4.74 Å². The molecule has 0 aromatic rings. The molecular weight excluding hydrogens is 200 g/mol. The fourth-order valence-electron chi connectivity index (χ4n) is 1.11. The smallest absolute Gasteiger partial charge is 0.422 e. The van der Waals surface area contributed by atoms with Crippen molar-refractivity contribution >= 4 is 17.9 Å². The zero-order valence-electron chi connectivity index (χ0n) is 8.92. The standard InChI is InChI=1S/C9H18N2O2S/c1-9(2,3)13-8(12)11-10-7-4-5-14-6-7/h7,10H,4-6H2,1-3H3,(H,11,12). The van der Waals surface area contributed by atoms with Gasteiger partial charge in [0.05, 0.1) is 0 Å². The lowest BCUT2D eigenvalue weighted by Gasteiger charge is -2.20. The molecule has 14 heavy (non-hydrogen) atoms. The Morgan fingerprint density at radius 2 is 2.21 bits per heavy atom. The van der Waals surface area contributed by atoms with Gasteiger partial charge in [0.2, 0.25) is 0 Å². The van der Waals surface area contributed by atoms with Crippen LogP contribution in [-0.2, 0) is 4.74 Å². The summed E-state index contributed by atoms with van der Waals surface area (Å²) in [6.45, 7) is 5.54. The van der Waals surface area contributed by atoms with Gasteiger partial charge in [-0.05, 0) is 32.9 Å². The molecule has 1 aliphatic heterocycles. The van der Waals surface area contributed by atoms with Crippen molar-refractivity contribution < 1.29 is 9.53 Å². The van der Waals surface area contributed by atoms with Crippen molar-refractivity contribution in [1.29, 1.82) is 0 Å². The van der Waals surface area contributed by atoms with E-state index in [0.29, 0.717) is 6.04 Å². The summed E-state index contributed by atoms with van der Waals surface area (Å²) in [4.78, 5) is 11.2. The quantitative estimate of drug-likeness (QED) is 0.690. The van der Waals surface area contributed by atoms with Crippen LogP contribution >= 0.6 is 11.8 Å². The van der Waals surface area contributed by atoms with Gasteiger partial charge in [-0.25, -0.2) is 10.2 Å². The summed E-state index contributed by atoms with van der Waals surface area (Å²) < 4.78 is 5.08. The largest absolute Gasteiger partial charge is 0.443 e. The van der Waals surface area contributed by atoms with Crippen LogP contribution in [0.15, 0.2) is 0 Å². The maximum absolute atomic E-state index is 11.2. The van der Waals surface area contributed by atoms with Crippen LogP contribution in [0.1, 0.15) is 27.2 Å². The first kappa shape index (κ1) is 11.7. The molecule has 1 amide bonds. The molecule has 1 heterocycles. The minimum Gasteiger partial charge on any atom is -0.443 e. The Labute approximate surface area is 89.1 Å². The highest BCUT2D eigenvalue weighted by molar-refractivity contribution is 7.99. The molecule has 5 heteroatoms. The molecule has 0 aliphatic carbocycles. The van der Waals surface area contributed by atoms with Crippen LogP contribution in [-0.4, -0.2) is 29.2 Å². The van der Waals surface area contributed by atoms with Crippen molar-refractivity contribution in [2.75, 3.05) is 11.5 Å². The highest BCUT2D eigenvalue weighted by Gasteiger charge is 2.18. The Morgan fingerprint density at radius 1 is 1.50 bits per heavy atom. The lowest BCUT2D eigenvalue weighted by Crippen LogP contribution is -2.46. The highest BCUT2D eigenvalue weighted by Crippen LogP contribution is 2.16. The third-order valence-corrected chi connectivity index (χ3v) is 2.87. The van der Waals surface area contributed by atoms with Gasteiger partial charge in [0.25, 0.3) is 0 Å². The second kappa shape index (κ2) is 4.89. The third kappa shape index (κ3) is 4.72. The number of hydrogen-bond acceptors (Lipinski definition) is 4. The average Bonchev–Trinajstić information content (AvgIpc) is 2.49. The van der Waals surface area contributed by atoms with Gasteiger partial charge in [0.15, 0.2) is 0 Å². The molecule has 4 nitrogen and oxygen atoms in total. The zero-order chi connectivity index (χ0) is 10.6. The topological polar surface area (TPSA) is 50.4 Å². The minimum atomic E-state index is -0.434. The number of thioether (sulfide) groups is 1. The van der Waals surface area contributed by atoms with E-state index in [1.165, 1.54) is 0 Å². The van der Waals surface area contributed by atoms with Gasteiger partial charge in [0.1, 0.15) is 5.60 Å². The molecule has 2 N–H and O–H groups in total. The monoisotopic (exact) mass is 218 g/mol. The summed E-state index contributed by atoms with van der Waals surface area (Å²) >= 11 is 1.89. The average molecular weight is 218 g/mol. The molecule has 1 aliphatic rings. The fraction of sp³-hybridized carbons (Fsp3) is 0.889. The Morgan fingerprint density at radius 3 is 2.71 bits per heavy atom. The van der Waals surface area contributed by atoms with E-state index in [1.54, 1.807) is 0 Å². The third-order valence-electron chi connectivity index (χ3n) is 1.71. The Bertz CT molecular complexity index is 197.